The molecule has 0 fully saturated rings. The maximum Gasteiger partial charge on any atom is 0.107 e. The van der Waals surface area contributed by atoms with E-state index in [0.29, 0.717) is 6.04 Å². The number of aliphatic imine (C=N–C) groups is 1. The van der Waals surface area contributed by atoms with Crippen LogP contribution in [0, 0.1) is 17.3 Å². The highest BCUT2D eigenvalue weighted by atomic mass is 14.8. The standard InChI is InChI=1S/C13H19N/c1-11-7-5-6-8-12(14-11)9-10-13(2,3)4/h6,8,11H,5,7H2,1-4H3. The molecule has 0 N–H and O–H groups in total. The van der Waals surface area contributed by atoms with Gasteiger partial charge in [0.1, 0.15) is 5.71 Å². The van der Waals surface area contributed by atoms with Crippen LogP contribution in [0.1, 0.15) is 40.5 Å². The van der Waals surface area contributed by atoms with Crippen LogP contribution in [0.4, 0.5) is 0 Å². The minimum atomic E-state index is 0.0614. The fourth-order valence-electron chi connectivity index (χ4n) is 1.20. The van der Waals surface area contributed by atoms with E-state index in [2.05, 4.69) is 50.6 Å². The Bertz CT molecular complexity index is 304. The molecule has 1 aliphatic rings. The van der Waals surface area contributed by atoms with Gasteiger partial charge < -0.3 is 0 Å². The number of rotatable bonds is 0. The van der Waals surface area contributed by atoms with Gasteiger partial charge in [-0.25, -0.2) is 0 Å². The molecular formula is C13H19N. The number of hydrogen-bond donors (Lipinski definition) is 0. The molecule has 1 aliphatic heterocycles. The molecule has 1 rings (SSSR count). The monoisotopic (exact) mass is 189 g/mol. The number of nitrogens with zero attached hydrogens (tertiary/aromatic N) is 1. The van der Waals surface area contributed by atoms with Gasteiger partial charge in [0.05, 0.1) is 0 Å². The lowest BCUT2D eigenvalue weighted by molar-refractivity contribution is 0.571. The Morgan fingerprint density at radius 3 is 2.79 bits per heavy atom. The zero-order valence-electron chi connectivity index (χ0n) is 9.59. The van der Waals surface area contributed by atoms with E-state index in [-0.39, 0.29) is 5.41 Å². The molecule has 0 radical (unpaired) electrons. The molecule has 1 unspecified atom stereocenters. The largest absolute Gasteiger partial charge is 0.273 e. The summed E-state index contributed by atoms with van der Waals surface area (Å²) in [5.74, 6) is 6.35. The predicted molar refractivity (Wildman–Crippen MR) is 62.5 cm³/mol. The smallest absolute Gasteiger partial charge is 0.107 e. The molecule has 0 aromatic carbocycles. The molecule has 0 saturated carbocycles. The number of allylic oxidation sites excluding steroid dienone is 2. The highest BCUT2D eigenvalue weighted by Crippen LogP contribution is 2.11. The second kappa shape index (κ2) is 4.46. The molecule has 0 aliphatic carbocycles. The Labute approximate surface area is 87.3 Å². The molecule has 76 valence electrons. The minimum absolute atomic E-state index is 0.0614. The summed E-state index contributed by atoms with van der Waals surface area (Å²) in [4.78, 5) is 4.54. The van der Waals surface area contributed by atoms with Gasteiger partial charge in [-0.15, -0.1) is 0 Å². The summed E-state index contributed by atoms with van der Waals surface area (Å²) in [5.41, 5.74) is 0.997. The third-order valence-corrected chi connectivity index (χ3v) is 1.95. The van der Waals surface area contributed by atoms with Crippen LogP contribution in [0.15, 0.2) is 17.1 Å². The maximum absolute atomic E-state index is 4.54. The molecule has 1 nitrogen and oxygen atoms in total. The SMILES string of the molecule is CC1CCC=CC(C#CC(C)(C)C)=N1. The summed E-state index contributed by atoms with van der Waals surface area (Å²) in [6.45, 7) is 8.49. The number of hydrogen-bond acceptors (Lipinski definition) is 1. The van der Waals surface area contributed by atoms with E-state index in [1.807, 2.05) is 6.08 Å². The van der Waals surface area contributed by atoms with Crippen molar-refractivity contribution in [2.24, 2.45) is 10.4 Å². The van der Waals surface area contributed by atoms with Gasteiger partial charge in [0.15, 0.2) is 0 Å². The lowest BCUT2D eigenvalue weighted by atomic mass is 9.98. The fourth-order valence-corrected chi connectivity index (χ4v) is 1.20. The first-order chi connectivity index (χ1) is 6.47. The fraction of sp³-hybridized carbons (Fsp3) is 0.615. The first-order valence-electron chi connectivity index (χ1n) is 5.25. The Morgan fingerprint density at radius 1 is 1.43 bits per heavy atom. The third kappa shape index (κ3) is 4.28. The topological polar surface area (TPSA) is 12.4 Å². The first-order valence-corrected chi connectivity index (χ1v) is 5.25. The second-order valence-electron chi connectivity index (χ2n) is 4.84. The summed E-state index contributed by atoms with van der Waals surface area (Å²) < 4.78 is 0. The first kappa shape index (κ1) is 11.0. The van der Waals surface area contributed by atoms with Gasteiger partial charge >= 0.3 is 0 Å². The van der Waals surface area contributed by atoms with Gasteiger partial charge in [-0.3, -0.25) is 4.99 Å². The molecule has 1 heterocycles. The van der Waals surface area contributed by atoms with E-state index in [4.69, 9.17) is 0 Å². The van der Waals surface area contributed by atoms with Crippen molar-refractivity contribution in [3.8, 4) is 11.8 Å². The van der Waals surface area contributed by atoms with Crippen molar-refractivity contribution >= 4 is 5.71 Å². The predicted octanol–water partition coefficient (Wildman–Crippen LogP) is 3.22. The Hall–Kier alpha value is -1.03. The average Bonchev–Trinajstić information content (AvgIpc) is 2.25. The minimum Gasteiger partial charge on any atom is -0.273 e. The lowest BCUT2D eigenvalue weighted by Crippen LogP contribution is -2.03. The molecule has 1 heteroatoms. The second-order valence-corrected chi connectivity index (χ2v) is 4.84. The van der Waals surface area contributed by atoms with Crippen molar-refractivity contribution in [3.05, 3.63) is 12.2 Å². The van der Waals surface area contributed by atoms with Gasteiger partial charge in [0, 0.05) is 11.5 Å². The van der Waals surface area contributed by atoms with Crippen molar-refractivity contribution in [1.82, 2.24) is 0 Å². The summed E-state index contributed by atoms with van der Waals surface area (Å²) in [7, 11) is 0. The highest BCUT2D eigenvalue weighted by Gasteiger charge is 2.05. The lowest BCUT2D eigenvalue weighted by Gasteiger charge is -2.07. The molecule has 0 aromatic heterocycles. The summed E-state index contributed by atoms with van der Waals surface area (Å²) >= 11 is 0. The highest BCUT2D eigenvalue weighted by molar-refractivity contribution is 6.09. The van der Waals surface area contributed by atoms with Crippen LogP contribution in [0.3, 0.4) is 0 Å². The van der Waals surface area contributed by atoms with Gasteiger partial charge in [-0.05, 0) is 52.5 Å². The maximum atomic E-state index is 4.54. The molecule has 0 spiro atoms. The summed E-state index contributed by atoms with van der Waals surface area (Å²) in [5, 5.41) is 0. The van der Waals surface area contributed by atoms with E-state index in [9.17, 15) is 0 Å². The normalized spacial score (nSPS) is 22.0. The van der Waals surface area contributed by atoms with Gasteiger partial charge in [-0.2, -0.15) is 0 Å². The molecular weight excluding hydrogens is 170 g/mol. The van der Waals surface area contributed by atoms with Crippen LogP contribution in [0.5, 0.6) is 0 Å². The summed E-state index contributed by atoms with van der Waals surface area (Å²) in [6.07, 6.45) is 6.46. The zero-order chi connectivity index (χ0) is 10.6. The Balaban J connectivity index is 2.79. The van der Waals surface area contributed by atoms with Crippen molar-refractivity contribution in [3.63, 3.8) is 0 Å². The van der Waals surface area contributed by atoms with Gasteiger partial charge in [-0.1, -0.05) is 12.0 Å². The molecule has 0 bridgehead atoms. The van der Waals surface area contributed by atoms with E-state index in [0.717, 1.165) is 18.6 Å². The van der Waals surface area contributed by atoms with Crippen LogP contribution in [0.2, 0.25) is 0 Å². The Morgan fingerprint density at radius 2 is 2.14 bits per heavy atom. The molecule has 0 aromatic rings. The van der Waals surface area contributed by atoms with Crippen molar-refractivity contribution in [1.29, 1.82) is 0 Å². The van der Waals surface area contributed by atoms with Gasteiger partial charge in [0.2, 0.25) is 0 Å². The van der Waals surface area contributed by atoms with Crippen molar-refractivity contribution in [2.75, 3.05) is 0 Å². The molecule has 0 saturated heterocycles. The van der Waals surface area contributed by atoms with Gasteiger partial charge in [0.25, 0.3) is 0 Å². The third-order valence-electron chi connectivity index (χ3n) is 1.95. The van der Waals surface area contributed by atoms with E-state index in [1.165, 1.54) is 0 Å². The summed E-state index contributed by atoms with van der Waals surface area (Å²) in [6, 6.07) is 0.411. The average molecular weight is 189 g/mol. The molecule has 0 amide bonds. The van der Waals surface area contributed by atoms with Crippen LogP contribution in [-0.4, -0.2) is 11.8 Å². The van der Waals surface area contributed by atoms with Crippen LogP contribution >= 0.6 is 0 Å². The quantitative estimate of drug-likeness (QED) is 0.519. The van der Waals surface area contributed by atoms with E-state index >= 15 is 0 Å². The van der Waals surface area contributed by atoms with E-state index in [1.54, 1.807) is 0 Å². The zero-order valence-corrected chi connectivity index (χ0v) is 9.59. The van der Waals surface area contributed by atoms with Crippen LogP contribution in [-0.2, 0) is 0 Å². The Kier molecular flexibility index (Phi) is 3.52. The van der Waals surface area contributed by atoms with Crippen molar-refractivity contribution < 1.29 is 0 Å². The van der Waals surface area contributed by atoms with Crippen molar-refractivity contribution in [2.45, 2.75) is 46.6 Å². The molecule has 14 heavy (non-hydrogen) atoms. The molecule has 1 atom stereocenters. The van der Waals surface area contributed by atoms with Crippen LogP contribution < -0.4 is 0 Å². The van der Waals surface area contributed by atoms with Crippen LogP contribution in [0.25, 0.3) is 0 Å². The van der Waals surface area contributed by atoms with E-state index < -0.39 is 0 Å².